The van der Waals surface area contributed by atoms with Gasteiger partial charge >= 0.3 is 5.97 Å². The van der Waals surface area contributed by atoms with Crippen molar-refractivity contribution in [3.05, 3.63) is 46.8 Å². The van der Waals surface area contributed by atoms with Crippen molar-refractivity contribution < 1.29 is 23.5 Å². The normalized spacial score (nSPS) is 11.6. The fourth-order valence-corrected chi connectivity index (χ4v) is 2.09. The van der Waals surface area contributed by atoms with E-state index in [9.17, 15) is 9.59 Å². The van der Waals surface area contributed by atoms with Gasteiger partial charge in [0.25, 0.3) is 5.91 Å². The quantitative estimate of drug-likeness (QED) is 0.773. The topological polar surface area (TPSA) is 77.8 Å². The molecule has 2 aromatic rings. The van der Waals surface area contributed by atoms with Crippen molar-refractivity contribution in [1.29, 1.82) is 0 Å². The first-order chi connectivity index (χ1) is 11.0. The van der Waals surface area contributed by atoms with Crippen LogP contribution in [0.2, 0.25) is 0 Å². The van der Waals surface area contributed by atoms with E-state index < -0.39 is 18.0 Å². The zero-order chi connectivity index (χ0) is 16.8. The summed E-state index contributed by atoms with van der Waals surface area (Å²) in [4.78, 5) is 24.0. The van der Waals surface area contributed by atoms with Gasteiger partial charge in [-0.2, -0.15) is 0 Å². The minimum absolute atomic E-state index is 0.0197. The van der Waals surface area contributed by atoms with Crippen molar-refractivity contribution >= 4 is 33.5 Å². The molecule has 1 aromatic heterocycles. The molecule has 0 aliphatic rings. The Balaban J connectivity index is 1.99. The van der Waals surface area contributed by atoms with E-state index >= 15 is 0 Å². The minimum Gasteiger partial charge on any atom is -0.492 e. The summed E-state index contributed by atoms with van der Waals surface area (Å²) in [7, 11) is 0. The Morgan fingerprint density at radius 2 is 2.00 bits per heavy atom. The number of para-hydroxylation sites is 2. The lowest BCUT2D eigenvalue weighted by molar-refractivity contribution is -0.123. The van der Waals surface area contributed by atoms with Gasteiger partial charge in [-0.15, -0.1) is 0 Å². The van der Waals surface area contributed by atoms with E-state index in [2.05, 4.69) is 21.2 Å². The lowest BCUT2D eigenvalue weighted by Crippen LogP contribution is -2.30. The van der Waals surface area contributed by atoms with Crippen LogP contribution in [0.3, 0.4) is 0 Å². The lowest BCUT2D eigenvalue weighted by atomic mass is 10.2. The molecular formula is C16H16BrNO5. The monoisotopic (exact) mass is 381 g/mol. The number of nitrogens with one attached hydrogen (secondary N) is 1. The molecule has 1 unspecified atom stereocenters. The van der Waals surface area contributed by atoms with Crippen LogP contribution in [-0.2, 0) is 9.53 Å². The number of carbonyl (C=O) groups is 2. The Bertz CT molecular complexity index is 697. The molecule has 2 rings (SSSR count). The standard InChI is InChI=1S/C16H16BrNO5/c1-3-21-12-7-5-4-6-11(12)18-15(19)10(2)22-16(20)13-8-9-14(17)23-13/h4-10H,3H2,1-2H3,(H,18,19). The molecule has 1 heterocycles. The fraction of sp³-hybridized carbons (Fsp3) is 0.250. The van der Waals surface area contributed by atoms with Gasteiger partial charge in [0, 0.05) is 0 Å². The minimum atomic E-state index is -0.985. The number of furan rings is 1. The van der Waals surface area contributed by atoms with Crippen LogP contribution in [0.25, 0.3) is 0 Å². The Morgan fingerprint density at radius 3 is 2.65 bits per heavy atom. The third kappa shape index (κ3) is 4.59. The first-order valence-corrected chi connectivity index (χ1v) is 7.79. The van der Waals surface area contributed by atoms with E-state index in [1.54, 1.807) is 30.3 Å². The number of hydrogen-bond acceptors (Lipinski definition) is 5. The number of hydrogen-bond donors (Lipinski definition) is 1. The van der Waals surface area contributed by atoms with Crippen LogP contribution in [0.15, 0.2) is 45.5 Å². The van der Waals surface area contributed by atoms with E-state index in [0.717, 1.165) is 0 Å². The molecule has 23 heavy (non-hydrogen) atoms. The molecule has 0 saturated heterocycles. The van der Waals surface area contributed by atoms with E-state index in [4.69, 9.17) is 13.9 Å². The molecular weight excluding hydrogens is 366 g/mol. The second-order valence-corrected chi connectivity index (χ2v) is 5.35. The third-order valence-electron chi connectivity index (χ3n) is 2.87. The van der Waals surface area contributed by atoms with Crippen LogP contribution < -0.4 is 10.1 Å². The van der Waals surface area contributed by atoms with E-state index in [1.165, 1.54) is 13.0 Å². The summed E-state index contributed by atoms with van der Waals surface area (Å²) in [5, 5.41) is 2.68. The van der Waals surface area contributed by atoms with Crippen LogP contribution in [0.5, 0.6) is 5.75 Å². The summed E-state index contributed by atoms with van der Waals surface area (Å²) in [5.41, 5.74) is 0.517. The maximum atomic E-state index is 12.2. The summed E-state index contributed by atoms with van der Waals surface area (Å²) in [6.45, 7) is 3.81. The van der Waals surface area contributed by atoms with Gasteiger partial charge < -0.3 is 19.2 Å². The summed E-state index contributed by atoms with van der Waals surface area (Å²) in [6.07, 6.45) is -0.985. The first kappa shape index (κ1) is 17.1. The first-order valence-electron chi connectivity index (χ1n) is 7.00. The number of rotatable bonds is 6. The molecule has 0 aliphatic heterocycles. The highest BCUT2D eigenvalue weighted by atomic mass is 79.9. The predicted octanol–water partition coefficient (Wildman–Crippen LogP) is 3.62. The van der Waals surface area contributed by atoms with Crippen molar-refractivity contribution in [2.24, 2.45) is 0 Å². The van der Waals surface area contributed by atoms with Gasteiger partial charge in [0.1, 0.15) is 5.75 Å². The molecule has 0 saturated carbocycles. The van der Waals surface area contributed by atoms with Gasteiger partial charge in [0.2, 0.25) is 5.76 Å². The number of carbonyl (C=O) groups excluding carboxylic acids is 2. The predicted molar refractivity (Wildman–Crippen MR) is 87.5 cm³/mol. The Labute approximate surface area is 141 Å². The number of anilines is 1. The van der Waals surface area contributed by atoms with E-state index in [-0.39, 0.29) is 5.76 Å². The number of benzene rings is 1. The molecule has 0 bridgehead atoms. The molecule has 0 spiro atoms. The molecule has 122 valence electrons. The third-order valence-corrected chi connectivity index (χ3v) is 3.30. The average Bonchev–Trinajstić information content (AvgIpc) is 2.96. The van der Waals surface area contributed by atoms with Gasteiger partial charge in [-0.05, 0) is 54.0 Å². The van der Waals surface area contributed by atoms with Gasteiger partial charge in [-0.25, -0.2) is 4.79 Å². The Kier molecular flexibility index (Phi) is 5.81. The van der Waals surface area contributed by atoms with Gasteiger partial charge in [-0.3, -0.25) is 4.79 Å². The van der Waals surface area contributed by atoms with Crippen molar-refractivity contribution in [1.82, 2.24) is 0 Å². The molecule has 0 aliphatic carbocycles. The average molecular weight is 382 g/mol. The molecule has 1 amide bonds. The second-order valence-electron chi connectivity index (χ2n) is 4.57. The number of ether oxygens (including phenoxy) is 2. The summed E-state index contributed by atoms with van der Waals surface area (Å²) >= 11 is 3.09. The SMILES string of the molecule is CCOc1ccccc1NC(=O)C(C)OC(=O)c1ccc(Br)o1. The van der Waals surface area contributed by atoms with Gasteiger partial charge in [0.15, 0.2) is 10.8 Å². The largest absolute Gasteiger partial charge is 0.492 e. The molecule has 0 radical (unpaired) electrons. The zero-order valence-corrected chi connectivity index (χ0v) is 14.3. The van der Waals surface area contributed by atoms with E-state index in [1.807, 2.05) is 6.92 Å². The maximum Gasteiger partial charge on any atom is 0.375 e. The highest BCUT2D eigenvalue weighted by Gasteiger charge is 2.21. The van der Waals surface area contributed by atoms with Crippen molar-refractivity contribution in [3.8, 4) is 5.75 Å². The zero-order valence-electron chi connectivity index (χ0n) is 12.7. The molecule has 7 heteroatoms. The van der Waals surface area contributed by atoms with Crippen LogP contribution in [0, 0.1) is 0 Å². The highest BCUT2D eigenvalue weighted by Crippen LogP contribution is 2.24. The molecule has 1 atom stereocenters. The van der Waals surface area contributed by atoms with Crippen molar-refractivity contribution in [2.75, 3.05) is 11.9 Å². The molecule has 0 fully saturated rings. The number of amides is 1. The molecule has 1 N–H and O–H groups in total. The molecule has 6 nitrogen and oxygen atoms in total. The summed E-state index contributed by atoms with van der Waals surface area (Å²) in [5.74, 6) is -0.601. The van der Waals surface area contributed by atoms with Crippen LogP contribution >= 0.6 is 15.9 Å². The number of esters is 1. The second kappa shape index (κ2) is 7.82. The Morgan fingerprint density at radius 1 is 1.26 bits per heavy atom. The highest BCUT2D eigenvalue weighted by molar-refractivity contribution is 9.10. The summed E-state index contributed by atoms with van der Waals surface area (Å²) < 4.78 is 16.0. The fourth-order valence-electron chi connectivity index (χ4n) is 1.78. The Hall–Kier alpha value is -2.28. The van der Waals surface area contributed by atoms with E-state index in [0.29, 0.717) is 22.7 Å². The van der Waals surface area contributed by atoms with Crippen molar-refractivity contribution in [3.63, 3.8) is 0 Å². The van der Waals surface area contributed by atoms with Crippen LogP contribution in [-0.4, -0.2) is 24.6 Å². The maximum absolute atomic E-state index is 12.2. The van der Waals surface area contributed by atoms with Crippen molar-refractivity contribution in [2.45, 2.75) is 20.0 Å². The van der Waals surface area contributed by atoms with Crippen LogP contribution in [0.1, 0.15) is 24.4 Å². The number of halogens is 1. The lowest BCUT2D eigenvalue weighted by Gasteiger charge is -2.15. The molecule has 1 aromatic carbocycles. The smallest absolute Gasteiger partial charge is 0.375 e. The summed E-state index contributed by atoms with van der Waals surface area (Å²) in [6, 6.07) is 10.1. The van der Waals surface area contributed by atoms with Gasteiger partial charge in [0.05, 0.1) is 12.3 Å². The van der Waals surface area contributed by atoms with Gasteiger partial charge in [-0.1, -0.05) is 12.1 Å². The van der Waals surface area contributed by atoms with Crippen LogP contribution in [0.4, 0.5) is 5.69 Å².